The smallest absolute Gasteiger partial charge is 0.268 e. The molecule has 0 spiro atoms. The van der Waals surface area contributed by atoms with Crippen LogP contribution < -0.4 is 15.1 Å². The van der Waals surface area contributed by atoms with Crippen LogP contribution in [0, 0.1) is 5.82 Å². The third kappa shape index (κ3) is 5.21. The molecule has 0 saturated carbocycles. The van der Waals surface area contributed by atoms with Crippen LogP contribution in [0.15, 0.2) is 42.5 Å². The van der Waals surface area contributed by atoms with E-state index in [9.17, 15) is 23.3 Å². The molecule has 166 valence electrons. The Hall–Kier alpha value is -2.53. The fraction of sp³-hybridized carbons (Fsp3) is 0.300. The van der Waals surface area contributed by atoms with Gasteiger partial charge in [0.05, 0.1) is 0 Å². The van der Waals surface area contributed by atoms with Crippen molar-refractivity contribution in [3.63, 3.8) is 0 Å². The second-order valence-corrected chi connectivity index (χ2v) is 8.53. The van der Waals surface area contributed by atoms with Crippen molar-refractivity contribution >= 4 is 45.9 Å². The molecule has 1 aliphatic rings. The van der Waals surface area contributed by atoms with Crippen LogP contribution in [0.3, 0.4) is 0 Å². The van der Waals surface area contributed by atoms with Gasteiger partial charge < -0.3 is 24.8 Å². The number of hydrogen-bond donors (Lipinski definition) is 3. The monoisotopic (exact) mass is 469 g/mol. The zero-order valence-corrected chi connectivity index (χ0v) is 18.1. The van der Waals surface area contributed by atoms with E-state index in [4.69, 9.17) is 16.2 Å². The molecule has 11 heteroatoms. The van der Waals surface area contributed by atoms with E-state index in [0.717, 1.165) is 6.07 Å². The number of nitrogens with zero attached hydrogens (tertiary/aromatic N) is 2. The summed E-state index contributed by atoms with van der Waals surface area (Å²) >= 11 is 3.76. The molecule has 0 bridgehead atoms. The molecule has 3 rings (SSSR count). The first kappa shape index (κ1) is 23.1. The van der Waals surface area contributed by atoms with Crippen molar-refractivity contribution in [3.8, 4) is 0 Å². The van der Waals surface area contributed by atoms with Gasteiger partial charge in [-0.15, -0.1) is 0 Å². The number of carbonyl (C=O) groups excluding carboxylic acids is 2. The van der Waals surface area contributed by atoms with Crippen LogP contribution in [0.1, 0.15) is 12.0 Å². The lowest BCUT2D eigenvalue weighted by Crippen LogP contribution is -2.52. The molecule has 0 aromatic heterocycles. The molecule has 1 fully saturated rings. The van der Waals surface area contributed by atoms with Gasteiger partial charge in [-0.3, -0.25) is 9.59 Å². The summed E-state index contributed by atoms with van der Waals surface area (Å²) < 4.78 is 33.5. The minimum atomic E-state index is -2.26. The number of benzene rings is 2. The predicted octanol–water partition coefficient (Wildman–Crippen LogP) is 1.88. The Morgan fingerprint density at radius 2 is 2.10 bits per heavy atom. The van der Waals surface area contributed by atoms with Gasteiger partial charge in [-0.1, -0.05) is 17.7 Å². The van der Waals surface area contributed by atoms with Crippen molar-refractivity contribution in [2.45, 2.75) is 18.6 Å². The molecule has 2 aromatic carbocycles. The van der Waals surface area contributed by atoms with Crippen molar-refractivity contribution in [1.82, 2.24) is 5.32 Å². The van der Waals surface area contributed by atoms with E-state index in [-0.39, 0.29) is 30.4 Å². The molecule has 8 nitrogen and oxygen atoms in total. The van der Waals surface area contributed by atoms with E-state index >= 15 is 0 Å². The van der Waals surface area contributed by atoms with Gasteiger partial charge in [-0.05, 0) is 42.0 Å². The predicted molar refractivity (Wildman–Crippen MR) is 116 cm³/mol. The Morgan fingerprint density at radius 3 is 2.77 bits per heavy atom. The molecule has 0 aliphatic carbocycles. The molecule has 1 saturated heterocycles. The van der Waals surface area contributed by atoms with E-state index in [1.807, 2.05) is 0 Å². The normalized spacial score (nSPS) is 19.4. The Kier molecular flexibility index (Phi) is 6.95. The molecule has 0 radical (unpaired) electrons. The zero-order chi connectivity index (χ0) is 22.8. The molecule has 1 heterocycles. The van der Waals surface area contributed by atoms with Gasteiger partial charge in [0.15, 0.2) is 11.1 Å². The van der Waals surface area contributed by atoms with Crippen molar-refractivity contribution < 1.29 is 27.8 Å². The van der Waals surface area contributed by atoms with Crippen molar-refractivity contribution in [1.29, 1.82) is 0 Å². The first-order valence-electron chi connectivity index (χ1n) is 9.26. The number of aliphatic hydroxyl groups is 1. The minimum absolute atomic E-state index is 0.105. The van der Waals surface area contributed by atoms with E-state index < -0.39 is 34.3 Å². The van der Waals surface area contributed by atoms with Gasteiger partial charge in [-0.25, -0.2) is 8.60 Å². The van der Waals surface area contributed by atoms with Gasteiger partial charge in [-0.2, -0.15) is 0 Å². The number of anilines is 2. The summed E-state index contributed by atoms with van der Waals surface area (Å²) in [6.07, 6.45) is -0.123. The second kappa shape index (κ2) is 9.31. The fourth-order valence-electron chi connectivity index (χ4n) is 3.34. The number of carbonyl (C=O) groups is 2. The SMILES string of the molecule is CN(CS(=O)O)c1cccc(N2CC[C@@](O)(C(=O)NCc3cc(F)cc(Cl)c3)C2=O)c1. The van der Waals surface area contributed by atoms with Gasteiger partial charge >= 0.3 is 0 Å². The summed E-state index contributed by atoms with van der Waals surface area (Å²) in [7, 11) is 1.63. The van der Waals surface area contributed by atoms with Gasteiger partial charge in [0.2, 0.25) is 5.60 Å². The highest BCUT2D eigenvalue weighted by atomic mass is 35.5. The maximum Gasteiger partial charge on any atom is 0.268 e. The lowest BCUT2D eigenvalue weighted by Gasteiger charge is -2.23. The number of rotatable bonds is 7. The number of nitrogens with one attached hydrogen (secondary N) is 1. The summed E-state index contributed by atoms with van der Waals surface area (Å²) in [5.74, 6) is -2.35. The van der Waals surface area contributed by atoms with Crippen LogP contribution in [0.25, 0.3) is 0 Å². The third-order valence-corrected chi connectivity index (χ3v) is 5.76. The van der Waals surface area contributed by atoms with Crippen LogP contribution in [0.5, 0.6) is 0 Å². The van der Waals surface area contributed by atoms with E-state index in [2.05, 4.69) is 5.32 Å². The molecule has 1 aliphatic heterocycles. The summed E-state index contributed by atoms with van der Waals surface area (Å²) in [6, 6.07) is 10.4. The van der Waals surface area contributed by atoms with Crippen molar-refractivity contribution in [2.75, 3.05) is 29.3 Å². The minimum Gasteiger partial charge on any atom is -0.372 e. The van der Waals surface area contributed by atoms with Crippen LogP contribution in [-0.2, 0) is 27.2 Å². The Morgan fingerprint density at radius 1 is 1.35 bits per heavy atom. The molecule has 2 amide bonds. The fourth-order valence-corrected chi connectivity index (χ4v) is 4.07. The van der Waals surface area contributed by atoms with Crippen LogP contribution >= 0.6 is 11.6 Å². The molecule has 2 atom stereocenters. The first-order valence-corrected chi connectivity index (χ1v) is 10.9. The summed E-state index contributed by atoms with van der Waals surface area (Å²) in [4.78, 5) is 28.3. The maximum atomic E-state index is 13.4. The largest absolute Gasteiger partial charge is 0.372 e. The summed E-state index contributed by atoms with van der Waals surface area (Å²) in [5.41, 5.74) is -0.832. The number of halogens is 2. The number of amides is 2. The molecule has 3 N–H and O–H groups in total. The van der Waals surface area contributed by atoms with Gasteiger partial charge in [0.25, 0.3) is 11.8 Å². The van der Waals surface area contributed by atoms with Gasteiger partial charge in [0.1, 0.15) is 11.7 Å². The zero-order valence-electron chi connectivity index (χ0n) is 16.5. The van der Waals surface area contributed by atoms with E-state index in [1.54, 1.807) is 36.2 Å². The Labute approximate surface area is 185 Å². The maximum absolute atomic E-state index is 13.4. The van der Waals surface area contributed by atoms with E-state index in [0.29, 0.717) is 16.9 Å². The topological polar surface area (TPSA) is 110 Å². The highest BCUT2D eigenvalue weighted by molar-refractivity contribution is 7.79. The number of hydrogen-bond acceptors (Lipinski definition) is 5. The lowest BCUT2D eigenvalue weighted by molar-refractivity contribution is -0.149. The average molecular weight is 470 g/mol. The Bertz CT molecular complexity index is 1020. The highest BCUT2D eigenvalue weighted by Crippen LogP contribution is 2.31. The quantitative estimate of drug-likeness (QED) is 0.422. The summed E-state index contributed by atoms with van der Waals surface area (Å²) in [5, 5.41) is 13.4. The Balaban J connectivity index is 1.72. The van der Waals surface area contributed by atoms with Crippen LogP contribution in [-0.4, -0.2) is 50.8 Å². The molecule has 2 aromatic rings. The average Bonchev–Trinajstić information content (AvgIpc) is 3.01. The molecule has 1 unspecified atom stereocenters. The summed E-state index contributed by atoms with van der Waals surface area (Å²) in [6.45, 7) is -0.00186. The lowest BCUT2D eigenvalue weighted by atomic mass is 10.0. The van der Waals surface area contributed by atoms with Crippen LogP contribution in [0.4, 0.5) is 15.8 Å². The van der Waals surface area contributed by atoms with Gasteiger partial charge in [0, 0.05) is 43.0 Å². The molecule has 31 heavy (non-hydrogen) atoms. The molecular formula is C20H21ClFN3O5S. The van der Waals surface area contributed by atoms with E-state index in [1.165, 1.54) is 17.0 Å². The van der Waals surface area contributed by atoms with Crippen molar-refractivity contribution in [2.24, 2.45) is 0 Å². The van der Waals surface area contributed by atoms with Crippen LogP contribution in [0.2, 0.25) is 5.02 Å². The highest BCUT2D eigenvalue weighted by Gasteiger charge is 2.51. The molecular weight excluding hydrogens is 449 g/mol. The first-order chi connectivity index (χ1) is 14.6. The third-order valence-electron chi connectivity index (χ3n) is 4.93. The standard InChI is InChI=1S/C20H21ClFN3O5S/c1-24(12-31(29)30)16-3-2-4-17(10-16)25-6-5-20(28,19(25)27)18(26)23-11-13-7-14(21)9-15(22)8-13/h2-4,7-10,28H,5-6,11-12H2,1H3,(H,23,26)(H,29,30)/t20-/m1/s1. The van der Waals surface area contributed by atoms with Crippen molar-refractivity contribution in [3.05, 3.63) is 58.9 Å². The second-order valence-electron chi connectivity index (χ2n) is 7.20.